The van der Waals surface area contributed by atoms with Crippen LogP contribution in [-0.2, 0) is 9.53 Å². The Morgan fingerprint density at radius 1 is 1.12 bits per heavy atom. The zero-order valence-corrected chi connectivity index (χ0v) is 19.0. The SMILES string of the molecule is COc1cccc(C(=O)N2C(C(=O)NC(C)c3ccccc3)COC23CCC(C)CC3)c1. The second-order valence-electron chi connectivity index (χ2n) is 9.00. The van der Waals surface area contributed by atoms with E-state index >= 15 is 0 Å². The lowest BCUT2D eigenvalue weighted by molar-refractivity contribution is -0.128. The van der Waals surface area contributed by atoms with Crippen LogP contribution in [0, 0.1) is 5.92 Å². The normalized spacial score (nSPS) is 26.0. The Morgan fingerprint density at radius 3 is 2.53 bits per heavy atom. The molecular formula is C26H32N2O4. The van der Waals surface area contributed by atoms with Gasteiger partial charge in [-0.1, -0.05) is 43.3 Å². The first-order valence-corrected chi connectivity index (χ1v) is 11.4. The van der Waals surface area contributed by atoms with E-state index in [0.29, 0.717) is 17.2 Å². The van der Waals surface area contributed by atoms with Crippen LogP contribution < -0.4 is 10.1 Å². The standard InChI is InChI=1S/C26H32N2O4/c1-18-12-14-26(15-13-18)28(25(30)21-10-7-11-22(16-21)31-3)23(17-32-26)24(29)27-19(2)20-8-5-4-6-9-20/h4-11,16,18-19,23H,12-15,17H2,1-3H3,(H,27,29). The van der Waals surface area contributed by atoms with Gasteiger partial charge in [-0.25, -0.2) is 0 Å². The summed E-state index contributed by atoms with van der Waals surface area (Å²) in [5, 5.41) is 3.09. The summed E-state index contributed by atoms with van der Waals surface area (Å²) in [5.74, 6) is 0.821. The second kappa shape index (κ2) is 9.33. The number of nitrogens with zero attached hydrogens (tertiary/aromatic N) is 1. The van der Waals surface area contributed by atoms with E-state index < -0.39 is 11.8 Å². The minimum atomic E-state index is -0.731. The van der Waals surface area contributed by atoms with Gasteiger partial charge in [0.25, 0.3) is 5.91 Å². The highest BCUT2D eigenvalue weighted by atomic mass is 16.5. The Kier molecular flexibility index (Phi) is 6.51. The molecule has 0 aromatic heterocycles. The first-order valence-electron chi connectivity index (χ1n) is 11.4. The Bertz CT molecular complexity index is 953. The molecule has 1 aliphatic carbocycles. The molecule has 0 bridgehead atoms. The lowest BCUT2D eigenvalue weighted by atomic mass is 9.83. The highest BCUT2D eigenvalue weighted by molar-refractivity contribution is 5.98. The van der Waals surface area contributed by atoms with Gasteiger partial charge in [0.2, 0.25) is 5.91 Å². The third kappa shape index (κ3) is 4.37. The number of ether oxygens (including phenoxy) is 2. The smallest absolute Gasteiger partial charge is 0.257 e. The average Bonchev–Trinajstić information content (AvgIpc) is 3.20. The molecule has 2 unspecified atom stereocenters. The van der Waals surface area contributed by atoms with Crippen molar-refractivity contribution in [2.24, 2.45) is 5.92 Å². The summed E-state index contributed by atoms with van der Waals surface area (Å²) < 4.78 is 11.6. The van der Waals surface area contributed by atoms with E-state index in [2.05, 4.69) is 12.2 Å². The van der Waals surface area contributed by atoms with Gasteiger partial charge in [0.05, 0.1) is 19.8 Å². The summed E-state index contributed by atoms with van der Waals surface area (Å²) in [6.45, 7) is 4.38. The van der Waals surface area contributed by atoms with Gasteiger partial charge < -0.3 is 14.8 Å². The first-order chi connectivity index (χ1) is 15.4. The minimum absolute atomic E-state index is 0.166. The van der Waals surface area contributed by atoms with Crippen molar-refractivity contribution >= 4 is 11.8 Å². The van der Waals surface area contributed by atoms with Crippen LogP contribution >= 0.6 is 0 Å². The number of methoxy groups -OCH3 is 1. The summed E-state index contributed by atoms with van der Waals surface area (Å²) in [4.78, 5) is 28.8. The highest BCUT2D eigenvalue weighted by Gasteiger charge is 2.53. The quantitative estimate of drug-likeness (QED) is 0.758. The maximum absolute atomic E-state index is 13.8. The van der Waals surface area contributed by atoms with Crippen LogP contribution in [0.5, 0.6) is 5.75 Å². The van der Waals surface area contributed by atoms with Crippen molar-refractivity contribution in [3.05, 3.63) is 65.7 Å². The predicted octanol–water partition coefficient (Wildman–Crippen LogP) is 4.32. The topological polar surface area (TPSA) is 67.9 Å². The number of nitrogens with one attached hydrogen (secondary N) is 1. The van der Waals surface area contributed by atoms with E-state index in [9.17, 15) is 9.59 Å². The molecule has 0 radical (unpaired) electrons. The van der Waals surface area contributed by atoms with Gasteiger partial charge in [-0.3, -0.25) is 14.5 Å². The Labute approximate surface area is 189 Å². The Balaban J connectivity index is 1.61. The first kappa shape index (κ1) is 22.3. The van der Waals surface area contributed by atoms with Crippen LogP contribution in [0.4, 0.5) is 0 Å². The summed E-state index contributed by atoms with van der Waals surface area (Å²) in [6.07, 6.45) is 3.41. The van der Waals surface area contributed by atoms with Gasteiger partial charge in [-0.2, -0.15) is 0 Å². The van der Waals surface area contributed by atoms with Crippen LogP contribution in [0.15, 0.2) is 54.6 Å². The molecule has 2 amide bonds. The molecule has 2 atom stereocenters. The summed E-state index contributed by atoms with van der Waals surface area (Å²) in [6, 6.07) is 16.1. The largest absolute Gasteiger partial charge is 0.497 e. The van der Waals surface area contributed by atoms with Crippen LogP contribution in [0.1, 0.15) is 61.5 Å². The summed E-state index contributed by atoms with van der Waals surface area (Å²) in [7, 11) is 1.58. The lowest BCUT2D eigenvalue weighted by Gasteiger charge is -2.43. The Morgan fingerprint density at radius 2 is 1.84 bits per heavy atom. The number of carbonyl (C=O) groups is 2. The number of benzene rings is 2. The zero-order chi connectivity index (χ0) is 22.7. The Hall–Kier alpha value is -2.86. The molecule has 2 aliphatic rings. The average molecular weight is 437 g/mol. The lowest BCUT2D eigenvalue weighted by Crippen LogP contribution is -2.57. The molecule has 1 saturated heterocycles. The number of hydrogen-bond donors (Lipinski definition) is 1. The molecule has 1 spiro atoms. The van der Waals surface area contributed by atoms with Crippen molar-refractivity contribution in [2.45, 2.75) is 57.3 Å². The minimum Gasteiger partial charge on any atom is -0.497 e. The number of rotatable bonds is 5. The van der Waals surface area contributed by atoms with E-state index in [-0.39, 0.29) is 24.5 Å². The van der Waals surface area contributed by atoms with Crippen molar-refractivity contribution < 1.29 is 19.1 Å². The maximum Gasteiger partial charge on any atom is 0.257 e. The monoisotopic (exact) mass is 436 g/mol. The molecule has 2 fully saturated rings. The third-order valence-electron chi connectivity index (χ3n) is 6.81. The third-order valence-corrected chi connectivity index (χ3v) is 6.81. The molecule has 4 rings (SSSR count). The van der Waals surface area contributed by atoms with Crippen molar-refractivity contribution in [2.75, 3.05) is 13.7 Å². The molecule has 2 aromatic rings. The van der Waals surface area contributed by atoms with Gasteiger partial charge in [0.1, 0.15) is 17.5 Å². The number of carbonyl (C=O) groups excluding carboxylic acids is 2. The van der Waals surface area contributed by atoms with E-state index in [1.165, 1.54) is 0 Å². The van der Waals surface area contributed by atoms with Crippen molar-refractivity contribution in [3.8, 4) is 5.75 Å². The molecule has 1 N–H and O–H groups in total. The summed E-state index contributed by atoms with van der Waals surface area (Å²) >= 11 is 0. The van der Waals surface area contributed by atoms with Crippen molar-refractivity contribution in [1.82, 2.24) is 10.2 Å². The molecule has 2 aromatic carbocycles. The number of hydrogen-bond acceptors (Lipinski definition) is 4. The van der Waals surface area contributed by atoms with Gasteiger partial charge in [0, 0.05) is 5.56 Å². The fourth-order valence-corrected chi connectivity index (χ4v) is 4.81. The summed E-state index contributed by atoms with van der Waals surface area (Å²) in [5.41, 5.74) is 0.790. The maximum atomic E-state index is 13.8. The van der Waals surface area contributed by atoms with E-state index in [4.69, 9.17) is 9.47 Å². The predicted molar refractivity (Wildman–Crippen MR) is 122 cm³/mol. The van der Waals surface area contributed by atoms with Gasteiger partial charge in [-0.15, -0.1) is 0 Å². The van der Waals surface area contributed by atoms with Crippen LogP contribution in [-0.4, -0.2) is 42.2 Å². The van der Waals surface area contributed by atoms with Crippen LogP contribution in [0.3, 0.4) is 0 Å². The molecule has 1 saturated carbocycles. The molecule has 1 heterocycles. The van der Waals surface area contributed by atoms with Gasteiger partial charge in [0.15, 0.2) is 0 Å². The molecule has 6 heteroatoms. The fraction of sp³-hybridized carbons (Fsp3) is 0.462. The van der Waals surface area contributed by atoms with Gasteiger partial charge in [-0.05, 0) is 62.3 Å². The molecule has 32 heavy (non-hydrogen) atoms. The zero-order valence-electron chi connectivity index (χ0n) is 19.0. The second-order valence-corrected chi connectivity index (χ2v) is 9.00. The highest BCUT2D eigenvalue weighted by Crippen LogP contribution is 2.43. The van der Waals surface area contributed by atoms with Crippen molar-refractivity contribution in [3.63, 3.8) is 0 Å². The van der Waals surface area contributed by atoms with E-state index in [1.54, 1.807) is 36.3 Å². The fourth-order valence-electron chi connectivity index (χ4n) is 4.81. The molecule has 6 nitrogen and oxygen atoms in total. The number of amides is 2. The molecular weight excluding hydrogens is 404 g/mol. The van der Waals surface area contributed by atoms with E-state index in [1.807, 2.05) is 37.3 Å². The van der Waals surface area contributed by atoms with Crippen LogP contribution in [0.25, 0.3) is 0 Å². The molecule has 170 valence electrons. The van der Waals surface area contributed by atoms with Crippen LogP contribution in [0.2, 0.25) is 0 Å². The van der Waals surface area contributed by atoms with Crippen molar-refractivity contribution in [1.29, 1.82) is 0 Å². The van der Waals surface area contributed by atoms with E-state index in [0.717, 1.165) is 31.2 Å². The molecule has 1 aliphatic heterocycles. The van der Waals surface area contributed by atoms with Gasteiger partial charge >= 0.3 is 0 Å².